The standard InChI is InChI=1S/C11H12N2O4/c1-6(2)10-11(14)12-8-4-3-7(13(15)16)5-9(8)17-10/h3-6,10H,1-2H3,(H,12,14)/t10-/m1/s1. The number of amides is 1. The van der Waals surface area contributed by atoms with Gasteiger partial charge in [-0.05, 0) is 12.0 Å². The molecule has 0 fully saturated rings. The van der Waals surface area contributed by atoms with Crippen LogP contribution in [0.5, 0.6) is 5.75 Å². The first-order chi connectivity index (χ1) is 7.99. The zero-order valence-electron chi connectivity index (χ0n) is 9.47. The molecule has 1 heterocycles. The number of carbonyl (C=O) groups is 1. The van der Waals surface area contributed by atoms with Gasteiger partial charge in [-0.2, -0.15) is 0 Å². The SMILES string of the molecule is CC(C)[C@H]1Oc2cc([N+](=O)[O-])ccc2NC1=O. The van der Waals surface area contributed by atoms with Gasteiger partial charge in [0.25, 0.3) is 11.6 Å². The Labute approximate surface area is 97.7 Å². The van der Waals surface area contributed by atoms with Crippen molar-refractivity contribution in [1.82, 2.24) is 0 Å². The third-order valence-corrected chi connectivity index (χ3v) is 2.55. The van der Waals surface area contributed by atoms with E-state index in [4.69, 9.17) is 4.74 Å². The van der Waals surface area contributed by atoms with Gasteiger partial charge in [0.1, 0.15) is 0 Å². The predicted octanol–water partition coefficient (Wildman–Crippen LogP) is 1.95. The number of nitro benzene ring substituents is 1. The fraction of sp³-hybridized carbons (Fsp3) is 0.364. The van der Waals surface area contributed by atoms with Crippen LogP contribution in [-0.4, -0.2) is 16.9 Å². The molecule has 1 aliphatic rings. The van der Waals surface area contributed by atoms with Gasteiger partial charge in [0, 0.05) is 6.07 Å². The van der Waals surface area contributed by atoms with Gasteiger partial charge in [-0.25, -0.2) is 0 Å². The van der Waals surface area contributed by atoms with Gasteiger partial charge in [0.2, 0.25) is 0 Å². The molecule has 0 saturated carbocycles. The van der Waals surface area contributed by atoms with E-state index in [9.17, 15) is 14.9 Å². The first-order valence-electron chi connectivity index (χ1n) is 5.25. The van der Waals surface area contributed by atoms with Gasteiger partial charge in [-0.1, -0.05) is 13.8 Å². The van der Waals surface area contributed by atoms with Crippen LogP contribution in [0.2, 0.25) is 0 Å². The van der Waals surface area contributed by atoms with Crippen molar-refractivity contribution in [1.29, 1.82) is 0 Å². The van der Waals surface area contributed by atoms with E-state index in [1.807, 2.05) is 13.8 Å². The zero-order valence-corrected chi connectivity index (χ0v) is 9.47. The highest BCUT2D eigenvalue weighted by Crippen LogP contribution is 2.34. The van der Waals surface area contributed by atoms with Crippen molar-refractivity contribution in [3.8, 4) is 5.75 Å². The summed E-state index contributed by atoms with van der Waals surface area (Å²) in [7, 11) is 0. The molecule has 0 unspecified atom stereocenters. The van der Waals surface area contributed by atoms with Crippen LogP contribution < -0.4 is 10.1 Å². The average molecular weight is 236 g/mol. The number of non-ortho nitro benzene ring substituents is 1. The second-order valence-corrected chi connectivity index (χ2v) is 4.21. The number of carbonyl (C=O) groups excluding carboxylic acids is 1. The van der Waals surface area contributed by atoms with E-state index in [0.717, 1.165) is 0 Å². The molecule has 0 aromatic heterocycles. The Morgan fingerprint density at radius 1 is 1.47 bits per heavy atom. The topological polar surface area (TPSA) is 81.5 Å². The number of nitrogens with zero attached hydrogens (tertiary/aromatic N) is 1. The van der Waals surface area contributed by atoms with Gasteiger partial charge >= 0.3 is 0 Å². The zero-order chi connectivity index (χ0) is 12.6. The molecule has 0 radical (unpaired) electrons. The molecule has 0 saturated heterocycles. The summed E-state index contributed by atoms with van der Waals surface area (Å²) in [6.45, 7) is 3.71. The summed E-state index contributed by atoms with van der Waals surface area (Å²) in [4.78, 5) is 21.8. The van der Waals surface area contributed by atoms with Gasteiger partial charge in [-0.3, -0.25) is 14.9 Å². The first-order valence-corrected chi connectivity index (χ1v) is 5.25. The second-order valence-electron chi connectivity index (χ2n) is 4.21. The molecule has 1 N–H and O–H groups in total. The molecule has 1 aromatic rings. The van der Waals surface area contributed by atoms with Crippen molar-refractivity contribution < 1.29 is 14.5 Å². The number of benzene rings is 1. The summed E-state index contributed by atoms with van der Waals surface area (Å²) in [5, 5.41) is 13.3. The molecule has 0 bridgehead atoms. The average Bonchev–Trinajstić information content (AvgIpc) is 2.27. The highest BCUT2D eigenvalue weighted by atomic mass is 16.6. The van der Waals surface area contributed by atoms with Crippen LogP contribution in [0.15, 0.2) is 18.2 Å². The number of ether oxygens (including phenoxy) is 1. The number of anilines is 1. The molecular weight excluding hydrogens is 224 g/mol. The highest BCUT2D eigenvalue weighted by molar-refractivity contribution is 5.98. The van der Waals surface area contributed by atoms with E-state index in [1.54, 1.807) is 0 Å². The summed E-state index contributed by atoms with van der Waals surface area (Å²) in [5.74, 6) is 0.126. The van der Waals surface area contributed by atoms with Gasteiger partial charge < -0.3 is 10.1 Å². The predicted molar refractivity (Wildman–Crippen MR) is 61.0 cm³/mol. The molecular formula is C11H12N2O4. The molecule has 0 spiro atoms. The van der Waals surface area contributed by atoms with E-state index in [-0.39, 0.29) is 17.5 Å². The Morgan fingerprint density at radius 3 is 2.76 bits per heavy atom. The minimum Gasteiger partial charge on any atom is -0.478 e. The summed E-state index contributed by atoms with van der Waals surface area (Å²) in [5.41, 5.74) is 0.417. The molecule has 1 amide bonds. The quantitative estimate of drug-likeness (QED) is 0.628. The van der Waals surface area contributed by atoms with E-state index in [2.05, 4.69) is 5.32 Å². The van der Waals surface area contributed by atoms with E-state index >= 15 is 0 Å². The number of hydrogen-bond acceptors (Lipinski definition) is 4. The lowest BCUT2D eigenvalue weighted by Crippen LogP contribution is -2.40. The number of nitrogens with one attached hydrogen (secondary N) is 1. The molecule has 1 aromatic carbocycles. The first kappa shape index (κ1) is 11.4. The minimum atomic E-state index is -0.607. The summed E-state index contributed by atoms with van der Waals surface area (Å²) >= 11 is 0. The minimum absolute atomic E-state index is 0.00223. The lowest BCUT2D eigenvalue weighted by Gasteiger charge is -2.27. The molecule has 0 aliphatic carbocycles. The molecule has 6 nitrogen and oxygen atoms in total. The van der Waals surface area contributed by atoms with Crippen LogP contribution in [0.25, 0.3) is 0 Å². The van der Waals surface area contributed by atoms with Crippen LogP contribution in [0.4, 0.5) is 11.4 Å². The summed E-state index contributed by atoms with van der Waals surface area (Å²) in [6.07, 6.45) is -0.607. The molecule has 2 rings (SSSR count). The van der Waals surface area contributed by atoms with Crippen molar-refractivity contribution >= 4 is 17.3 Å². The van der Waals surface area contributed by atoms with Crippen LogP contribution >= 0.6 is 0 Å². The number of fused-ring (bicyclic) bond motifs is 1. The van der Waals surface area contributed by atoms with Gasteiger partial charge in [0.15, 0.2) is 11.9 Å². The maximum absolute atomic E-state index is 11.6. The van der Waals surface area contributed by atoms with Crippen LogP contribution in [0, 0.1) is 16.0 Å². The third-order valence-electron chi connectivity index (χ3n) is 2.55. The normalized spacial score (nSPS) is 18.3. The molecule has 6 heteroatoms. The smallest absolute Gasteiger partial charge is 0.273 e. The van der Waals surface area contributed by atoms with Gasteiger partial charge in [0.05, 0.1) is 16.7 Å². The van der Waals surface area contributed by atoms with Crippen molar-refractivity contribution in [3.63, 3.8) is 0 Å². The summed E-state index contributed by atoms with van der Waals surface area (Å²) < 4.78 is 5.48. The Hall–Kier alpha value is -2.11. The third kappa shape index (κ3) is 2.06. The largest absolute Gasteiger partial charge is 0.478 e. The maximum atomic E-state index is 11.6. The monoisotopic (exact) mass is 236 g/mol. The fourth-order valence-corrected chi connectivity index (χ4v) is 1.66. The van der Waals surface area contributed by atoms with Crippen LogP contribution in [0.1, 0.15) is 13.8 Å². The Balaban J connectivity index is 2.37. The van der Waals surface area contributed by atoms with Crippen molar-refractivity contribution in [2.45, 2.75) is 20.0 Å². The lowest BCUT2D eigenvalue weighted by atomic mass is 10.0. The molecule has 1 atom stereocenters. The van der Waals surface area contributed by atoms with E-state index in [1.165, 1.54) is 18.2 Å². The Bertz CT molecular complexity index is 484. The maximum Gasteiger partial charge on any atom is 0.273 e. The van der Waals surface area contributed by atoms with Crippen LogP contribution in [0.3, 0.4) is 0 Å². The molecule has 1 aliphatic heterocycles. The van der Waals surface area contributed by atoms with Crippen molar-refractivity contribution in [2.24, 2.45) is 5.92 Å². The lowest BCUT2D eigenvalue weighted by molar-refractivity contribution is -0.384. The van der Waals surface area contributed by atoms with Crippen molar-refractivity contribution in [2.75, 3.05) is 5.32 Å². The van der Waals surface area contributed by atoms with Crippen molar-refractivity contribution in [3.05, 3.63) is 28.3 Å². The van der Waals surface area contributed by atoms with E-state index < -0.39 is 11.0 Å². The summed E-state index contributed by atoms with van der Waals surface area (Å²) in [6, 6.07) is 4.13. The number of rotatable bonds is 2. The van der Waals surface area contributed by atoms with E-state index in [0.29, 0.717) is 11.4 Å². The van der Waals surface area contributed by atoms with Crippen LogP contribution in [-0.2, 0) is 4.79 Å². The van der Waals surface area contributed by atoms with Gasteiger partial charge in [-0.15, -0.1) is 0 Å². The Morgan fingerprint density at radius 2 is 2.18 bits per heavy atom. The molecule has 90 valence electrons. The Kier molecular flexibility index (Phi) is 2.71. The highest BCUT2D eigenvalue weighted by Gasteiger charge is 2.31. The fourth-order valence-electron chi connectivity index (χ4n) is 1.66. The second kappa shape index (κ2) is 4.04. The number of nitro groups is 1. The number of hydrogen-bond donors (Lipinski definition) is 1. The molecule has 17 heavy (non-hydrogen) atoms.